The lowest BCUT2D eigenvalue weighted by atomic mass is 9.88. The number of thiophene rings is 1. The number of nitrogens with two attached hydrogens (primary N) is 1. The molecule has 1 unspecified atom stereocenters. The van der Waals surface area contributed by atoms with Gasteiger partial charge in [-0.2, -0.15) is 11.3 Å². The summed E-state index contributed by atoms with van der Waals surface area (Å²) in [7, 11) is 0. The minimum atomic E-state index is -0.371. The second kappa shape index (κ2) is 5.63. The molecule has 0 bridgehead atoms. The molecule has 0 spiro atoms. The van der Waals surface area contributed by atoms with Crippen LogP contribution in [0.4, 0.5) is 4.39 Å². The van der Waals surface area contributed by atoms with E-state index in [1.54, 1.807) is 17.4 Å². The van der Waals surface area contributed by atoms with E-state index in [4.69, 9.17) is 5.73 Å². The van der Waals surface area contributed by atoms with Crippen molar-refractivity contribution in [2.24, 2.45) is 5.73 Å². The first-order valence-electron chi connectivity index (χ1n) is 6.10. The maximum absolute atomic E-state index is 13.6. The summed E-state index contributed by atoms with van der Waals surface area (Å²) < 4.78 is 13.6. The molecule has 0 saturated heterocycles. The second-order valence-electron chi connectivity index (χ2n) is 5.05. The number of halogens is 1. The van der Waals surface area contributed by atoms with Crippen LogP contribution in [0.25, 0.3) is 0 Å². The molecule has 96 valence electrons. The number of benzene rings is 1. The molecule has 3 heteroatoms. The van der Waals surface area contributed by atoms with Gasteiger partial charge in [0.05, 0.1) is 0 Å². The van der Waals surface area contributed by atoms with Gasteiger partial charge in [0.2, 0.25) is 0 Å². The summed E-state index contributed by atoms with van der Waals surface area (Å²) in [6, 6.07) is 8.98. The van der Waals surface area contributed by atoms with E-state index in [0.29, 0.717) is 12.0 Å². The Balaban J connectivity index is 1.97. The van der Waals surface area contributed by atoms with Gasteiger partial charge >= 0.3 is 0 Å². The van der Waals surface area contributed by atoms with Crippen molar-refractivity contribution in [1.82, 2.24) is 0 Å². The van der Waals surface area contributed by atoms with Crippen molar-refractivity contribution in [2.75, 3.05) is 0 Å². The molecule has 1 nitrogen and oxygen atoms in total. The Morgan fingerprint density at radius 3 is 2.72 bits per heavy atom. The van der Waals surface area contributed by atoms with E-state index in [9.17, 15) is 4.39 Å². The quantitative estimate of drug-likeness (QED) is 0.873. The highest BCUT2D eigenvalue weighted by Gasteiger charge is 2.20. The van der Waals surface area contributed by atoms with E-state index in [-0.39, 0.29) is 11.4 Å². The third-order valence-corrected chi connectivity index (χ3v) is 3.85. The van der Waals surface area contributed by atoms with Gasteiger partial charge in [-0.25, -0.2) is 4.39 Å². The summed E-state index contributed by atoms with van der Waals surface area (Å²) in [5, 5.41) is 4.21. The minimum Gasteiger partial charge on any atom is -0.325 e. The zero-order valence-corrected chi connectivity index (χ0v) is 11.3. The van der Waals surface area contributed by atoms with Gasteiger partial charge in [-0.3, -0.25) is 0 Å². The average molecular weight is 263 g/mol. The van der Waals surface area contributed by atoms with Crippen LogP contribution in [0, 0.1) is 5.82 Å². The van der Waals surface area contributed by atoms with E-state index < -0.39 is 0 Å². The molecule has 0 radical (unpaired) electrons. The molecule has 2 N–H and O–H groups in total. The van der Waals surface area contributed by atoms with Crippen LogP contribution >= 0.6 is 11.3 Å². The highest BCUT2D eigenvalue weighted by Crippen LogP contribution is 2.20. The molecule has 0 aliphatic rings. The summed E-state index contributed by atoms with van der Waals surface area (Å²) in [6.07, 6.45) is 2.38. The fraction of sp³-hybridized carbons (Fsp3) is 0.333. The summed E-state index contributed by atoms with van der Waals surface area (Å²) in [5.74, 6) is -0.162. The van der Waals surface area contributed by atoms with Crippen LogP contribution in [0.15, 0.2) is 41.1 Å². The average Bonchev–Trinajstić information content (AvgIpc) is 2.83. The van der Waals surface area contributed by atoms with Gasteiger partial charge in [0.15, 0.2) is 0 Å². The van der Waals surface area contributed by atoms with Crippen molar-refractivity contribution in [3.8, 4) is 0 Å². The SMILES string of the molecule is CC(N)(CCc1ccsc1)Cc1ccccc1F. The fourth-order valence-electron chi connectivity index (χ4n) is 2.03. The molecule has 0 aliphatic heterocycles. The normalized spacial score (nSPS) is 14.4. The predicted molar refractivity (Wildman–Crippen MR) is 75.3 cm³/mol. The topological polar surface area (TPSA) is 26.0 Å². The summed E-state index contributed by atoms with van der Waals surface area (Å²) in [4.78, 5) is 0. The maximum Gasteiger partial charge on any atom is 0.126 e. The van der Waals surface area contributed by atoms with E-state index in [2.05, 4.69) is 16.8 Å². The smallest absolute Gasteiger partial charge is 0.126 e. The van der Waals surface area contributed by atoms with Crippen LogP contribution in [0.2, 0.25) is 0 Å². The van der Waals surface area contributed by atoms with Crippen LogP contribution in [-0.2, 0) is 12.8 Å². The van der Waals surface area contributed by atoms with Crippen LogP contribution in [-0.4, -0.2) is 5.54 Å². The third kappa shape index (κ3) is 3.65. The van der Waals surface area contributed by atoms with Crippen molar-refractivity contribution in [3.63, 3.8) is 0 Å². The van der Waals surface area contributed by atoms with E-state index in [1.807, 2.05) is 19.1 Å². The van der Waals surface area contributed by atoms with Crippen LogP contribution in [0.3, 0.4) is 0 Å². The molecule has 0 saturated carbocycles. The molecule has 2 rings (SSSR count). The monoisotopic (exact) mass is 263 g/mol. The van der Waals surface area contributed by atoms with Crippen molar-refractivity contribution in [3.05, 3.63) is 58.0 Å². The Bertz CT molecular complexity index is 491. The van der Waals surface area contributed by atoms with Gasteiger partial charge in [-0.15, -0.1) is 0 Å². The van der Waals surface area contributed by atoms with Crippen LogP contribution < -0.4 is 5.73 Å². The number of aryl methyl sites for hydroxylation is 1. The van der Waals surface area contributed by atoms with Gasteiger partial charge in [0.25, 0.3) is 0 Å². The predicted octanol–water partition coefficient (Wildman–Crippen LogP) is 3.78. The molecule has 0 fully saturated rings. The number of rotatable bonds is 5. The van der Waals surface area contributed by atoms with Gasteiger partial charge in [-0.1, -0.05) is 18.2 Å². The number of hydrogen-bond acceptors (Lipinski definition) is 2. The third-order valence-electron chi connectivity index (χ3n) is 3.12. The van der Waals surface area contributed by atoms with Crippen molar-refractivity contribution >= 4 is 11.3 Å². The van der Waals surface area contributed by atoms with Gasteiger partial charge in [0.1, 0.15) is 5.82 Å². The van der Waals surface area contributed by atoms with Crippen molar-refractivity contribution in [1.29, 1.82) is 0 Å². The van der Waals surface area contributed by atoms with E-state index >= 15 is 0 Å². The molecule has 1 atom stereocenters. The highest BCUT2D eigenvalue weighted by atomic mass is 32.1. The zero-order valence-electron chi connectivity index (χ0n) is 10.5. The maximum atomic E-state index is 13.6. The standard InChI is InChI=1S/C15H18FNS/c1-15(17,8-6-12-7-9-18-11-12)10-13-4-2-3-5-14(13)16/h2-5,7,9,11H,6,8,10,17H2,1H3. The molecule has 1 heterocycles. The Kier molecular flexibility index (Phi) is 4.15. The molecule has 18 heavy (non-hydrogen) atoms. The van der Waals surface area contributed by atoms with E-state index in [1.165, 1.54) is 11.6 Å². The van der Waals surface area contributed by atoms with Crippen molar-refractivity contribution < 1.29 is 4.39 Å². The molecule has 1 aromatic carbocycles. The fourth-order valence-corrected chi connectivity index (χ4v) is 2.73. The second-order valence-corrected chi connectivity index (χ2v) is 5.83. The Hall–Kier alpha value is -1.19. The van der Waals surface area contributed by atoms with Gasteiger partial charge in [-0.05, 0) is 60.2 Å². The lowest BCUT2D eigenvalue weighted by molar-refractivity contribution is 0.421. The highest BCUT2D eigenvalue weighted by molar-refractivity contribution is 7.07. The van der Waals surface area contributed by atoms with Crippen LogP contribution in [0.5, 0.6) is 0 Å². The first kappa shape index (κ1) is 13.2. The lowest BCUT2D eigenvalue weighted by Gasteiger charge is -2.24. The molecular formula is C15H18FNS. The van der Waals surface area contributed by atoms with Gasteiger partial charge in [0, 0.05) is 5.54 Å². The van der Waals surface area contributed by atoms with Crippen LogP contribution in [0.1, 0.15) is 24.5 Å². The Morgan fingerprint density at radius 1 is 1.28 bits per heavy atom. The number of hydrogen-bond donors (Lipinski definition) is 1. The molecular weight excluding hydrogens is 245 g/mol. The Morgan fingerprint density at radius 2 is 2.06 bits per heavy atom. The Labute approximate surface area is 111 Å². The summed E-state index contributed by atoms with van der Waals surface area (Å²) >= 11 is 1.70. The van der Waals surface area contributed by atoms with Gasteiger partial charge < -0.3 is 5.73 Å². The first-order chi connectivity index (χ1) is 8.57. The molecule has 1 aromatic heterocycles. The van der Waals surface area contributed by atoms with Crippen molar-refractivity contribution in [2.45, 2.75) is 31.7 Å². The summed E-state index contributed by atoms with van der Waals surface area (Å²) in [6.45, 7) is 1.99. The minimum absolute atomic E-state index is 0.162. The lowest BCUT2D eigenvalue weighted by Crippen LogP contribution is -2.39. The zero-order chi connectivity index (χ0) is 13.0. The molecule has 0 aliphatic carbocycles. The van der Waals surface area contributed by atoms with E-state index in [0.717, 1.165) is 12.8 Å². The first-order valence-corrected chi connectivity index (χ1v) is 7.04. The molecule has 0 amide bonds. The summed E-state index contributed by atoms with van der Waals surface area (Å²) in [5.41, 5.74) is 7.91. The molecule has 2 aromatic rings. The largest absolute Gasteiger partial charge is 0.325 e.